The van der Waals surface area contributed by atoms with Gasteiger partial charge in [0.05, 0.1) is 31.2 Å². The van der Waals surface area contributed by atoms with E-state index in [0.717, 1.165) is 50.9 Å². The lowest BCUT2D eigenvalue weighted by molar-refractivity contribution is -0.151. The summed E-state index contributed by atoms with van der Waals surface area (Å²) in [5, 5.41) is 0. The Morgan fingerprint density at radius 3 is 2.65 bits per heavy atom. The molecular formula is C28H36F3N5O4. The first-order chi connectivity index (χ1) is 19.2. The molecule has 0 radical (unpaired) electrons. The summed E-state index contributed by atoms with van der Waals surface area (Å²) in [6, 6.07) is 4.14. The van der Waals surface area contributed by atoms with Crippen LogP contribution in [-0.4, -0.2) is 91.3 Å². The number of alkyl halides is 3. The summed E-state index contributed by atoms with van der Waals surface area (Å²) >= 11 is 0. The molecule has 2 atom stereocenters. The number of likely N-dealkylation sites (tertiary alicyclic amines) is 1. The van der Waals surface area contributed by atoms with E-state index in [-0.39, 0.29) is 31.0 Å². The van der Waals surface area contributed by atoms with Crippen LogP contribution in [-0.2, 0) is 27.0 Å². The van der Waals surface area contributed by atoms with Crippen LogP contribution in [0.1, 0.15) is 37.3 Å². The van der Waals surface area contributed by atoms with Crippen molar-refractivity contribution in [1.82, 2.24) is 14.7 Å². The lowest BCUT2D eigenvalue weighted by Gasteiger charge is -2.49. The number of fused-ring (bicyclic) bond motifs is 2. The molecule has 0 bridgehead atoms. The number of benzene rings is 1. The number of carbonyl (C=O) groups is 1. The second-order valence-corrected chi connectivity index (χ2v) is 10.6. The molecule has 4 aliphatic heterocycles. The number of aliphatic imine (C=N–C) groups is 1. The third-order valence-corrected chi connectivity index (χ3v) is 8.30. The monoisotopic (exact) mass is 563 g/mol. The summed E-state index contributed by atoms with van der Waals surface area (Å²) in [6.07, 6.45) is -0.642. The van der Waals surface area contributed by atoms with Crippen LogP contribution in [0.4, 0.5) is 13.2 Å². The summed E-state index contributed by atoms with van der Waals surface area (Å²) in [5.74, 6) is 0.146. The fourth-order valence-corrected chi connectivity index (χ4v) is 6.07. The van der Waals surface area contributed by atoms with Crippen molar-refractivity contribution in [3.63, 3.8) is 0 Å². The summed E-state index contributed by atoms with van der Waals surface area (Å²) in [7, 11) is 0. The van der Waals surface area contributed by atoms with Crippen LogP contribution >= 0.6 is 0 Å². The molecule has 218 valence electrons. The van der Waals surface area contributed by atoms with Gasteiger partial charge in [0, 0.05) is 61.7 Å². The average molecular weight is 564 g/mol. The minimum absolute atomic E-state index is 0.0838. The maximum absolute atomic E-state index is 13.6. The van der Waals surface area contributed by atoms with Crippen molar-refractivity contribution in [2.24, 2.45) is 10.7 Å². The number of ether oxygens (including phenoxy) is 3. The third kappa shape index (κ3) is 5.84. The zero-order valence-corrected chi connectivity index (χ0v) is 22.7. The van der Waals surface area contributed by atoms with Gasteiger partial charge in [-0.15, -0.1) is 0 Å². The molecule has 0 aromatic heterocycles. The molecule has 2 N–H and O–H groups in total. The smallest absolute Gasteiger partial charge is 0.416 e. The van der Waals surface area contributed by atoms with Crippen molar-refractivity contribution in [3.8, 4) is 5.75 Å². The third-order valence-electron chi connectivity index (χ3n) is 8.30. The van der Waals surface area contributed by atoms with E-state index in [9.17, 15) is 18.0 Å². The van der Waals surface area contributed by atoms with Crippen molar-refractivity contribution in [2.45, 2.75) is 57.1 Å². The van der Waals surface area contributed by atoms with E-state index in [1.54, 1.807) is 16.7 Å². The molecular weight excluding hydrogens is 527 g/mol. The first-order valence-electron chi connectivity index (χ1n) is 13.6. The summed E-state index contributed by atoms with van der Waals surface area (Å²) in [5.41, 5.74) is 6.35. The van der Waals surface area contributed by atoms with Crippen molar-refractivity contribution in [1.29, 1.82) is 0 Å². The van der Waals surface area contributed by atoms with Crippen molar-refractivity contribution < 1.29 is 32.2 Å². The van der Waals surface area contributed by atoms with Gasteiger partial charge in [0.1, 0.15) is 11.4 Å². The Morgan fingerprint density at radius 1 is 1.15 bits per heavy atom. The first-order valence-corrected chi connectivity index (χ1v) is 13.6. The Hall–Kier alpha value is -3.09. The SMILES string of the molecule is C=C(/C(C)=C(\N=C/N)C(=O)N1CCC(N2CCO[C@@H]3COCC[C@@H]32)CC1)N1COc2ccc(C(F)(F)F)cc2C1. The number of nitrogens with zero attached hydrogens (tertiary/aromatic N) is 4. The second-order valence-electron chi connectivity index (χ2n) is 10.6. The van der Waals surface area contributed by atoms with E-state index >= 15 is 0 Å². The highest BCUT2D eigenvalue weighted by molar-refractivity contribution is 5.95. The molecule has 1 aromatic carbocycles. The molecule has 4 heterocycles. The van der Waals surface area contributed by atoms with Gasteiger partial charge in [0.15, 0.2) is 6.73 Å². The Morgan fingerprint density at radius 2 is 1.93 bits per heavy atom. The Labute approximate surface area is 232 Å². The van der Waals surface area contributed by atoms with Gasteiger partial charge in [0.25, 0.3) is 5.91 Å². The lowest BCUT2D eigenvalue weighted by Crippen LogP contribution is -2.60. The quantitative estimate of drug-likeness (QED) is 0.255. The topological polar surface area (TPSA) is 92.9 Å². The molecule has 0 saturated carbocycles. The summed E-state index contributed by atoms with van der Waals surface area (Å²) < 4.78 is 56.9. The lowest BCUT2D eigenvalue weighted by atomic mass is 9.95. The van der Waals surface area contributed by atoms with Gasteiger partial charge in [-0.2, -0.15) is 13.2 Å². The molecule has 0 unspecified atom stereocenters. The van der Waals surface area contributed by atoms with Crippen LogP contribution in [0.25, 0.3) is 0 Å². The minimum Gasteiger partial charge on any atom is -0.473 e. The number of hydrogen-bond donors (Lipinski definition) is 1. The number of rotatable bonds is 5. The molecule has 9 nitrogen and oxygen atoms in total. The van der Waals surface area contributed by atoms with Crippen LogP contribution < -0.4 is 10.5 Å². The molecule has 0 spiro atoms. The summed E-state index contributed by atoms with van der Waals surface area (Å²) in [4.78, 5) is 23.8. The van der Waals surface area contributed by atoms with E-state index in [1.165, 1.54) is 6.07 Å². The number of nitrogens with two attached hydrogens (primary N) is 1. The molecule has 1 amide bonds. The van der Waals surface area contributed by atoms with E-state index < -0.39 is 11.7 Å². The van der Waals surface area contributed by atoms with Gasteiger partial charge >= 0.3 is 6.18 Å². The number of carbonyl (C=O) groups excluding carboxylic acids is 1. The number of morpholine rings is 1. The van der Waals surface area contributed by atoms with E-state index in [0.29, 0.717) is 61.0 Å². The normalized spacial score (nSPS) is 25.2. The number of allylic oxidation sites excluding steroid dienone is 1. The fourth-order valence-electron chi connectivity index (χ4n) is 6.07. The molecule has 40 heavy (non-hydrogen) atoms. The van der Waals surface area contributed by atoms with E-state index in [4.69, 9.17) is 19.9 Å². The maximum atomic E-state index is 13.6. The van der Waals surface area contributed by atoms with Gasteiger partial charge < -0.3 is 29.7 Å². The van der Waals surface area contributed by atoms with Crippen LogP contribution in [0, 0.1) is 0 Å². The largest absolute Gasteiger partial charge is 0.473 e. The first kappa shape index (κ1) is 28.4. The van der Waals surface area contributed by atoms with E-state index in [2.05, 4.69) is 16.5 Å². The van der Waals surface area contributed by atoms with Crippen molar-refractivity contribution in [2.75, 3.05) is 46.2 Å². The van der Waals surface area contributed by atoms with Crippen LogP contribution in [0.2, 0.25) is 0 Å². The highest BCUT2D eigenvalue weighted by atomic mass is 19.4. The molecule has 5 rings (SSSR count). The Kier molecular flexibility index (Phi) is 8.39. The van der Waals surface area contributed by atoms with Gasteiger partial charge in [0.2, 0.25) is 0 Å². The van der Waals surface area contributed by atoms with Crippen molar-refractivity contribution in [3.05, 3.63) is 52.9 Å². The van der Waals surface area contributed by atoms with E-state index in [1.807, 2.05) is 0 Å². The molecule has 12 heteroatoms. The standard InChI is InChI=1S/C28H36F3N5O4/c1-18(19(2)35-14-20-13-21(28(29,30)31)3-4-24(20)40-17-35)26(33-16-32)27(37)34-8-5-22(6-9-34)36-10-12-39-25-15-38-11-7-23(25)36/h3-4,13,16,22-23,25H,2,5-12,14-15,17H2,1H3,(H2,32,33)/b26-18-/t23-,25+/m0/s1. The van der Waals surface area contributed by atoms with Crippen LogP contribution in [0.15, 0.2) is 46.7 Å². The zero-order chi connectivity index (χ0) is 28.4. The van der Waals surface area contributed by atoms with Crippen molar-refractivity contribution >= 4 is 12.2 Å². The van der Waals surface area contributed by atoms with Gasteiger partial charge in [-0.05, 0) is 44.4 Å². The highest BCUT2D eigenvalue weighted by Crippen LogP contribution is 2.36. The van der Waals surface area contributed by atoms with Gasteiger partial charge in [-0.25, -0.2) is 4.99 Å². The number of piperidine rings is 1. The number of hydrogen-bond acceptors (Lipinski definition) is 7. The van der Waals surface area contributed by atoms with Gasteiger partial charge in [-0.3, -0.25) is 9.69 Å². The maximum Gasteiger partial charge on any atom is 0.416 e. The molecule has 3 saturated heterocycles. The fraction of sp³-hybridized carbons (Fsp3) is 0.571. The molecule has 4 aliphatic rings. The molecule has 0 aliphatic carbocycles. The minimum atomic E-state index is -4.46. The second kappa shape index (κ2) is 11.8. The predicted molar refractivity (Wildman–Crippen MR) is 142 cm³/mol. The Bertz CT molecular complexity index is 1180. The van der Waals surface area contributed by atoms with Crippen LogP contribution in [0.5, 0.6) is 5.75 Å². The number of amides is 1. The Balaban J connectivity index is 1.26. The summed E-state index contributed by atoms with van der Waals surface area (Å²) in [6.45, 7) is 10.2. The van der Waals surface area contributed by atoms with Gasteiger partial charge in [-0.1, -0.05) is 6.58 Å². The predicted octanol–water partition coefficient (Wildman–Crippen LogP) is 3.11. The van der Waals surface area contributed by atoms with Crippen LogP contribution in [0.3, 0.4) is 0 Å². The zero-order valence-electron chi connectivity index (χ0n) is 22.7. The molecule has 1 aromatic rings. The highest BCUT2D eigenvalue weighted by Gasteiger charge is 2.40. The average Bonchev–Trinajstić information content (AvgIpc) is 2.97. The molecule has 3 fully saturated rings. The number of halogens is 3.